The summed E-state index contributed by atoms with van der Waals surface area (Å²) in [5.74, 6) is 0. The highest BCUT2D eigenvalue weighted by Gasteiger charge is 2.46. The summed E-state index contributed by atoms with van der Waals surface area (Å²) < 4.78 is 5.00. The molecule has 1 aromatic rings. The number of piperazine rings is 1. The van der Waals surface area contributed by atoms with Crippen molar-refractivity contribution in [1.82, 2.24) is 9.80 Å². The quantitative estimate of drug-likeness (QED) is 0.797. The van der Waals surface area contributed by atoms with Gasteiger partial charge in [0.2, 0.25) is 0 Å². The Labute approximate surface area is 154 Å². The van der Waals surface area contributed by atoms with Crippen molar-refractivity contribution < 1.29 is 9.84 Å². The van der Waals surface area contributed by atoms with Gasteiger partial charge in [0.15, 0.2) is 0 Å². The van der Waals surface area contributed by atoms with Gasteiger partial charge in [-0.05, 0) is 30.5 Å². The van der Waals surface area contributed by atoms with Crippen LogP contribution in [0.3, 0.4) is 0 Å². The Kier molecular flexibility index (Phi) is 6.07. The van der Waals surface area contributed by atoms with Crippen LogP contribution in [0, 0.1) is 0 Å². The van der Waals surface area contributed by atoms with Crippen LogP contribution in [-0.2, 0) is 10.2 Å². The van der Waals surface area contributed by atoms with E-state index in [2.05, 4.69) is 15.9 Å². The van der Waals surface area contributed by atoms with Gasteiger partial charge in [0.25, 0.3) is 0 Å². The predicted octanol–water partition coefficient (Wildman–Crippen LogP) is 2.65. The van der Waals surface area contributed by atoms with E-state index >= 15 is 0 Å². The van der Waals surface area contributed by atoms with E-state index in [1.165, 1.54) is 18.4 Å². The van der Waals surface area contributed by atoms with Gasteiger partial charge in [-0.25, -0.2) is 0 Å². The second-order valence-electron chi connectivity index (χ2n) is 7.09. The van der Waals surface area contributed by atoms with E-state index in [-0.39, 0.29) is 5.41 Å². The molecule has 2 fully saturated rings. The number of aliphatic hydroxyl groups excluding tert-OH is 1. The van der Waals surface area contributed by atoms with Crippen LogP contribution in [-0.4, -0.2) is 74.0 Å². The Morgan fingerprint density at radius 2 is 1.83 bits per heavy atom. The monoisotopic (exact) mass is 372 g/mol. The van der Waals surface area contributed by atoms with Crippen molar-refractivity contribution in [2.24, 2.45) is 0 Å². The van der Waals surface area contributed by atoms with Gasteiger partial charge in [-0.15, -0.1) is 0 Å². The lowest BCUT2D eigenvalue weighted by Gasteiger charge is -2.37. The minimum absolute atomic E-state index is 0.208. The number of β-amino-alcohol motifs (C(OH)–C–C–N with tert-alkyl or cyclic N) is 1. The molecule has 0 aromatic heterocycles. The molecule has 24 heavy (non-hydrogen) atoms. The van der Waals surface area contributed by atoms with E-state index in [0.29, 0.717) is 18.2 Å². The highest BCUT2D eigenvalue weighted by molar-refractivity contribution is 6.35. The first-order chi connectivity index (χ1) is 11.5. The molecule has 1 saturated heterocycles. The second-order valence-corrected chi connectivity index (χ2v) is 7.93. The van der Waals surface area contributed by atoms with Crippen molar-refractivity contribution in [3.8, 4) is 0 Å². The molecule has 0 bridgehead atoms. The highest BCUT2D eigenvalue weighted by atomic mass is 35.5. The molecule has 4 nitrogen and oxygen atoms in total. The van der Waals surface area contributed by atoms with Crippen molar-refractivity contribution in [3.63, 3.8) is 0 Å². The van der Waals surface area contributed by atoms with Crippen LogP contribution in [0.2, 0.25) is 10.0 Å². The Hall–Kier alpha value is -0.360. The summed E-state index contributed by atoms with van der Waals surface area (Å²) in [6.45, 7) is 6.20. The van der Waals surface area contributed by atoms with Gasteiger partial charge in [0.05, 0.1) is 12.7 Å². The zero-order valence-corrected chi connectivity index (χ0v) is 15.7. The molecule has 1 heterocycles. The summed E-state index contributed by atoms with van der Waals surface area (Å²) >= 11 is 12.5. The molecule has 1 saturated carbocycles. The number of hydrogen-bond donors (Lipinski definition) is 1. The van der Waals surface area contributed by atoms with Crippen LogP contribution in [0.25, 0.3) is 0 Å². The van der Waals surface area contributed by atoms with Crippen LogP contribution in [0.4, 0.5) is 0 Å². The predicted molar refractivity (Wildman–Crippen MR) is 98.1 cm³/mol. The molecule has 3 rings (SSSR count). The van der Waals surface area contributed by atoms with Gasteiger partial charge < -0.3 is 9.84 Å². The Bertz CT molecular complexity index is 558. The summed E-state index contributed by atoms with van der Waals surface area (Å²) in [5.41, 5.74) is 1.45. The summed E-state index contributed by atoms with van der Waals surface area (Å²) in [6.07, 6.45) is 1.99. The third-order valence-corrected chi connectivity index (χ3v) is 5.72. The molecule has 134 valence electrons. The SMILES string of the molecule is COCC(O)CN1CCN(CC2(c3ccc(Cl)cc3Cl)CC2)CC1. The van der Waals surface area contributed by atoms with Gasteiger partial charge in [-0.3, -0.25) is 9.80 Å². The minimum Gasteiger partial charge on any atom is -0.389 e. The third kappa shape index (κ3) is 4.43. The minimum atomic E-state index is -0.399. The van der Waals surface area contributed by atoms with E-state index in [9.17, 15) is 5.11 Å². The normalized spacial score (nSPS) is 22.5. The fourth-order valence-corrected chi connectivity index (χ4v) is 4.29. The summed E-state index contributed by atoms with van der Waals surface area (Å²) in [6, 6.07) is 5.89. The standard InChI is InChI=1S/C18H26Cl2N2O2/c1-24-12-15(23)11-21-6-8-22(9-7-21)13-18(4-5-18)16-3-2-14(19)10-17(16)20/h2-3,10,15,23H,4-9,11-13H2,1H3. The average molecular weight is 373 g/mol. The molecule has 0 amide bonds. The lowest BCUT2D eigenvalue weighted by Crippen LogP contribution is -2.50. The van der Waals surface area contributed by atoms with E-state index < -0.39 is 6.10 Å². The molecule has 1 atom stereocenters. The molecule has 1 N–H and O–H groups in total. The molecular weight excluding hydrogens is 347 g/mol. The molecule has 1 aromatic carbocycles. The van der Waals surface area contributed by atoms with Crippen molar-refractivity contribution in [1.29, 1.82) is 0 Å². The molecule has 6 heteroatoms. The number of halogens is 2. The first kappa shape index (κ1) is 18.4. The summed E-state index contributed by atoms with van der Waals surface area (Å²) in [4.78, 5) is 4.84. The summed E-state index contributed by atoms with van der Waals surface area (Å²) in [7, 11) is 1.62. The fraction of sp³-hybridized carbons (Fsp3) is 0.667. The number of ether oxygens (including phenoxy) is 1. The Balaban J connectivity index is 1.53. The zero-order chi connectivity index (χ0) is 17.2. The summed E-state index contributed by atoms with van der Waals surface area (Å²) in [5, 5.41) is 11.3. The lowest BCUT2D eigenvalue weighted by atomic mass is 9.95. The number of methoxy groups -OCH3 is 1. The van der Waals surface area contributed by atoms with Crippen molar-refractivity contribution in [2.45, 2.75) is 24.4 Å². The van der Waals surface area contributed by atoms with Crippen LogP contribution in [0.1, 0.15) is 18.4 Å². The van der Waals surface area contributed by atoms with Crippen LogP contribution >= 0.6 is 23.2 Å². The molecule has 1 aliphatic carbocycles. The largest absolute Gasteiger partial charge is 0.389 e. The topological polar surface area (TPSA) is 35.9 Å². The Morgan fingerprint density at radius 3 is 2.42 bits per heavy atom. The first-order valence-corrected chi connectivity index (χ1v) is 9.35. The van der Waals surface area contributed by atoms with Gasteiger partial charge in [-0.2, -0.15) is 0 Å². The van der Waals surface area contributed by atoms with E-state index in [1.54, 1.807) is 7.11 Å². The Morgan fingerprint density at radius 1 is 1.17 bits per heavy atom. The van der Waals surface area contributed by atoms with E-state index in [0.717, 1.165) is 37.7 Å². The molecule has 0 spiro atoms. The molecule has 1 aliphatic heterocycles. The van der Waals surface area contributed by atoms with Crippen LogP contribution in [0.5, 0.6) is 0 Å². The average Bonchev–Trinajstić information content (AvgIpc) is 3.30. The number of aliphatic hydroxyl groups is 1. The number of rotatable bonds is 7. The van der Waals surface area contributed by atoms with Crippen molar-refractivity contribution >= 4 is 23.2 Å². The maximum absolute atomic E-state index is 9.86. The van der Waals surface area contributed by atoms with Gasteiger partial charge in [0, 0.05) is 61.8 Å². The van der Waals surface area contributed by atoms with Crippen LogP contribution in [0.15, 0.2) is 18.2 Å². The zero-order valence-electron chi connectivity index (χ0n) is 14.2. The maximum Gasteiger partial charge on any atom is 0.0900 e. The molecular formula is C18H26Cl2N2O2. The molecule has 0 radical (unpaired) electrons. The van der Waals surface area contributed by atoms with Crippen LogP contribution < -0.4 is 0 Å². The third-order valence-electron chi connectivity index (χ3n) is 5.18. The molecule has 1 unspecified atom stereocenters. The maximum atomic E-state index is 9.86. The van der Waals surface area contributed by atoms with E-state index in [4.69, 9.17) is 27.9 Å². The second kappa shape index (κ2) is 7.90. The number of nitrogens with zero attached hydrogens (tertiary/aromatic N) is 2. The highest BCUT2D eigenvalue weighted by Crippen LogP contribution is 2.51. The lowest BCUT2D eigenvalue weighted by molar-refractivity contribution is 0.0229. The molecule has 2 aliphatic rings. The van der Waals surface area contributed by atoms with Crippen molar-refractivity contribution in [2.75, 3.05) is 53.0 Å². The first-order valence-electron chi connectivity index (χ1n) is 8.60. The van der Waals surface area contributed by atoms with Crippen molar-refractivity contribution in [3.05, 3.63) is 33.8 Å². The van der Waals surface area contributed by atoms with Gasteiger partial charge in [-0.1, -0.05) is 29.3 Å². The number of hydrogen-bond acceptors (Lipinski definition) is 4. The van der Waals surface area contributed by atoms with Gasteiger partial charge >= 0.3 is 0 Å². The smallest absolute Gasteiger partial charge is 0.0900 e. The van der Waals surface area contributed by atoms with E-state index in [1.807, 2.05) is 12.1 Å². The fourth-order valence-electron chi connectivity index (χ4n) is 3.68. The van der Waals surface area contributed by atoms with Gasteiger partial charge in [0.1, 0.15) is 0 Å². The number of benzene rings is 1.